The second-order valence-electron chi connectivity index (χ2n) is 5.67. The van der Waals surface area contributed by atoms with E-state index in [1.165, 1.54) is 0 Å². The molecular formula is C17H15Cl2N3O. The fraction of sp³-hybridized carbons (Fsp3) is 0.235. The second-order valence-corrected chi connectivity index (χ2v) is 6.51. The molecule has 0 spiro atoms. The molecule has 6 heteroatoms. The van der Waals surface area contributed by atoms with Crippen molar-refractivity contribution in [1.82, 2.24) is 10.0 Å². The van der Waals surface area contributed by atoms with E-state index in [0.717, 1.165) is 30.8 Å². The quantitative estimate of drug-likeness (QED) is 0.796. The number of benzene rings is 2. The van der Waals surface area contributed by atoms with Crippen LogP contribution in [-0.4, -0.2) is 29.1 Å². The lowest BCUT2D eigenvalue weighted by atomic mass is 10.1. The van der Waals surface area contributed by atoms with E-state index in [1.54, 1.807) is 16.0 Å². The van der Waals surface area contributed by atoms with Crippen LogP contribution in [-0.2, 0) is 0 Å². The van der Waals surface area contributed by atoms with Gasteiger partial charge in [0.25, 0.3) is 0 Å². The lowest BCUT2D eigenvalue weighted by molar-refractivity contribution is 0.0728. The number of anilines is 1. The van der Waals surface area contributed by atoms with Crippen molar-refractivity contribution in [3.63, 3.8) is 0 Å². The molecule has 2 amide bonds. The standard InChI is InChI=1S/C17H15Cl2N3O/c18-12-5-3-6-13(11-12)22-16(14-7-1-2-8-15(14)19)20-9-4-10-21(20)17(22)23/h1-3,5-8,11,16H,4,9-10H2/t16-/m1/s1. The third kappa shape index (κ3) is 2.38. The van der Waals surface area contributed by atoms with Gasteiger partial charge in [-0.05, 0) is 30.7 Å². The van der Waals surface area contributed by atoms with Gasteiger partial charge in [-0.15, -0.1) is 0 Å². The van der Waals surface area contributed by atoms with Crippen LogP contribution in [0.4, 0.5) is 10.5 Å². The van der Waals surface area contributed by atoms with E-state index in [2.05, 4.69) is 5.01 Å². The van der Waals surface area contributed by atoms with Crippen molar-refractivity contribution < 1.29 is 4.79 Å². The van der Waals surface area contributed by atoms with Crippen LogP contribution >= 0.6 is 23.2 Å². The van der Waals surface area contributed by atoms with Gasteiger partial charge in [0, 0.05) is 34.4 Å². The summed E-state index contributed by atoms with van der Waals surface area (Å²) in [6.07, 6.45) is 0.730. The van der Waals surface area contributed by atoms with E-state index in [9.17, 15) is 4.79 Å². The first-order valence-electron chi connectivity index (χ1n) is 7.54. The van der Waals surface area contributed by atoms with Gasteiger partial charge in [-0.2, -0.15) is 5.01 Å². The first kappa shape index (κ1) is 14.8. The number of carbonyl (C=O) groups is 1. The maximum absolute atomic E-state index is 12.9. The molecule has 0 saturated carbocycles. The number of hydrogen-bond acceptors (Lipinski definition) is 2. The zero-order chi connectivity index (χ0) is 16.0. The van der Waals surface area contributed by atoms with Crippen molar-refractivity contribution in [3.05, 3.63) is 64.1 Å². The summed E-state index contributed by atoms with van der Waals surface area (Å²) in [6, 6.07) is 15.0. The van der Waals surface area contributed by atoms with Gasteiger partial charge in [0.05, 0.1) is 0 Å². The SMILES string of the molecule is O=C1N(c2cccc(Cl)c2)[C@H](c2ccccc2Cl)N2CCCN12. The lowest BCUT2D eigenvalue weighted by Crippen LogP contribution is -2.32. The summed E-state index contributed by atoms with van der Waals surface area (Å²) in [6.45, 7) is 1.57. The van der Waals surface area contributed by atoms with E-state index >= 15 is 0 Å². The zero-order valence-electron chi connectivity index (χ0n) is 12.3. The molecule has 4 rings (SSSR count). The molecule has 2 aliphatic heterocycles. The maximum atomic E-state index is 12.9. The molecular weight excluding hydrogens is 333 g/mol. The van der Waals surface area contributed by atoms with Gasteiger partial charge in [-0.25, -0.2) is 4.79 Å². The van der Waals surface area contributed by atoms with Gasteiger partial charge in [-0.3, -0.25) is 9.91 Å². The molecule has 0 aliphatic carbocycles. The molecule has 0 N–H and O–H groups in total. The van der Waals surface area contributed by atoms with Gasteiger partial charge in [0.1, 0.15) is 6.17 Å². The van der Waals surface area contributed by atoms with Gasteiger partial charge in [0.2, 0.25) is 0 Å². The van der Waals surface area contributed by atoms with Crippen molar-refractivity contribution >= 4 is 34.9 Å². The van der Waals surface area contributed by atoms with E-state index in [0.29, 0.717) is 10.0 Å². The molecule has 0 unspecified atom stereocenters. The molecule has 0 bridgehead atoms. The molecule has 118 valence electrons. The second kappa shape index (κ2) is 5.71. The van der Waals surface area contributed by atoms with E-state index in [4.69, 9.17) is 23.2 Å². The Balaban J connectivity index is 1.85. The Morgan fingerprint density at radius 3 is 2.61 bits per heavy atom. The Labute approximate surface area is 144 Å². The number of rotatable bonds is 2. The first-order chi connectivity index (χ1) is 11.2. The summed E-state index contributed by atoms with van der Waals surface area (Å²) in [5.74, 6) is 0. The first-order valence-corrected chi connectivity index (χ1v) is 8.30. The van der Waals surface area contributed by atoms with Crippen LogP contribution in [0, 0.1) is 0 Å². The normalized spacial score (nSPS) is 21.1. The minimum absolute atomic E-state index is 0.0327. The molecule has 2 aliphatic rings. The molecule has 2 aromatic carbocycles. The summed E-state index contributed by atoms with van der Waals surface area (Å²) < 4.78 is 0. The number of amides is 2. The molecule has 2 fully saturated rings. The largest absolute Gasteiger partial charge is 0.340 e. The molecule has 0 aromatic heterocycles. The van der Waals surface area contributed by atoms with Gasteiger partial charge >= 0.3 is 6.03 Å². The van der Waals surface area contributed by atoms with Crippen molar-refractivity contribution in [2.75, 3.05) is 18.0 Å². The van der Waals surface area contributed by atoms with E-state index < -0.39 is 0 Å². The average Bonchev–Trinajstić information content (AvgIpc) is 3.10. The number of hydrogen-bond donors (Lipinski definition) is 0. The summed E-state index contributed by atoms with van der Waals surface area (Å²) in [5, 5.41) is 5.15. The zero-order valence-corrected chi connectivity index (χ0v) is 13.8. The highest BCUT2D eigenvalue weighted by Gasteiger charge is 2.48. The Kier molecular flexibility index (Phi) is 3.68. The Bertz CT molecular complexity index is 767. The van der Waals surface area contributed by atoms with Crippen molar-refractivity contribution in [1.29, 1.82) is 0 Å². The van der Waals surface area contributed by atoms with Gasteiger partial charge in [-0.1, -0.05) is 47.5 Å². The van der Waals surface area contributed by atoms with Crippen LogP contribution in [0.3, 0.4) is 0 Å². The van der Waals surface area contributed by atoms with Crippen LogP contribution in [0.1, 0.15) is 18.2 Å². The molecule has 2 aromatic rings. The van der Waals surface area contributed by atoms with Crippen molar-refractivity contribution in [3.8, 4) is 0 Å². The van der Waals surface area contributed by atoms with Crippen LogP contribution < -0.4 is 4.90 Å². The highest BCUT2D eigenvalue weighted by atomic mass is 35.5. The number of carbonyl (C=O) groups excluding carboxylic acids is 1. The Morgan fingerprint density at radius 1 is 1.00 bits per heavy atom. The molecule has 2 saturated heterocycles. The smallest absolute Gasteiger partial charge is 0.271 e. The summed E-state index contributed by atoms with van der Waals surface area (Å²) in [5.41, 5.74) is 1.70. The number of halogens is 2. The van der Waals surface area contributed by atoms with Crippen LogP contribution in [0.5, 0.6) is 0 Å². The topological polar surface area (TPSA) is 26.8 Å². The lowest BCUT2D eigenvalue weighted by Gasteiger charge is -2.28. The number of urea groups is 1. The number of fused-ring (bicyclic) bond motifs is 1. The minimum atomic E-state index is -0.239. The summed E-state index contributed by atoms with van der Waals surface area (Å²) in [7, 11) is 0. The predicted octanol–water partition coefficient (Wildman–Crippen LogP) is 4.55. The maximum Gasteiger partial charge on any atom is 0.340 e. The molecule has 1 atom stereocenters. The average molecular weight is 348 g/mol. The number of hydrazine groups is 1. The third-order valence-corrected chi connectivity index (χ3v) is 4.87. The van der Waals surface area contributed by atoms with Crippen molar-refractivity contribution in [2.45, 2.75) is 12.6 Å². The van der Waals surface area contributed by atoms with E-state index in [1.807, 2.05) is 42.5 Å². The Hall–Kier alpha value is -1.75. The molecule has 4 nitrogen and oxygen atoms in total. The highest BCUT2D eigenvalue weighted by molar-refractivity contribution is 6.31. The minimum Gasteiger partial charge on any atom is -0.271 e. The molecule has 2 heterocycles. The Morgan fingerprint density at radius 2 is 1.83 bits per heavy atom. The fourth-order valence-corrected chi connectivity index (χ4v) is 3.73. The molecule has 0 radical (unpaired) electrons. The highest BCUT2D eigenvalue weighted by Crippen LogP contribution is 2.42. The summed E-state index contributed by atoms with van der Waals surface area (Å²) in [4.78, 5) is 14.7. The molecule has 23 heavy (non-hydrogen) atoms. The van der Waals surface area contributed by atoms with Crippen LogP contribution in [0.25, 0.3) is 0 Å². The predicted molar refractivity (Wildman–Crippen MR) is 91.5 cm³/mol. The summed E-state index contributed by atoms with van der Waals surface area (Å²) >= 11 is 12.5. The monoisotopic (exact) mass is 347 g/mol. The van der Waals surface area contributed by atoms with Crippen LogP contribution in [0.15, 0.2) is 48.5 Å². The van der Waals surface area contributed by atoms with E-state index in [-0.39, 0.29) is 12.2 Å². The van der Waals surface area contributed by atoms with Gasteiger partial charge < -0.3 is 0 Å². The fourth-order valence-electron chi connectivity index (χ4n) is 3.32. The van der Waals surface area contributed by atoms with Gasteiger partial charge in [0.15, 0.2) is 0 Å². The number of nitrogens with zero attached hydrogens (tertiary/aromatic N) is 3. The van der Waals surface area contributed by atoms with Crippen molar-refractivity contribution in [2.24, 2.45) is 0 Å². The van der Waals surface area contributed by atoms with Crippen LogP contribution in [0.2, 0.25) is 10.0 Å². The third-order valence-electron chi connectivity index (χ3n) is 4.29.